The number of benzene rings is 1. The monoisotopic (exact) mass is 161 g/mol. The van der Waals surface area contributed by atoms with Gasteiger partial charge in [0, 0.05) is 5.46 Å². The van der Waals surface area contributed by atoms with Crippen LogP contribution in [-0.4, -0.2) is 17.2 Å². The van der Waals surface area contributed by atoms with Crippen LogP contribution in [0.4, 0.5) is 0 Å². The number of hydrogen-bond acceptors (Lipinski definition) is 3. The highest BCUT2D eigenvalue weighted by Crippen LogP contribution is 1.99. The van der Waals surface area contributed by atoms with E-state index in [1.54, 1.807) is 18.2 Å². The molecular weight excluding hydrogens is 153 g/mol. The summed E-state index contributed by atoms with van der Waals surface area (Å²) < 4.78 is 0. The molecule has 0 aromatic heterocycles. The van der Waals surface area contributed by atoms with Crippen molar-refractivity contribution in [2.75, 3.05) is 0 Å². The molecule has 0 saturated heterocycles. The summed E-state index contributed by atoms with van der Waals surface area (Å²) in [6, 6.07) is 6.80. The Labute approximate surface area is 71.0 Å². The van der Waals surface area contributed by atoms with Crippen LogP contribution in [0.25, 0.3) is 0 Å². The van der Waals surface area contributed by atoms with Crippen molar-refractivity contribution in [1.29, 1.82) is 5.26 Å². The van der Waals surface area contributed by atoms with Crippen molar-refractivity contribution in [1.82, 2.24) is 0 Å². The molecule has 4 heteroatoms. The Balaban J connectivity index is 3.24. The van der Waals surface area contributed by atoms with E-state index in [9.17, 15) is 0 Å². The van der Waals surface area contributed by atoms with Gasteiger partial charge < -0.3 is 10.0 Å². The van der Waals surface area contributed by atoms with Crippen molar-refractivity contribution >= 4 is 12.6 Å². The molecule has 0 aliphatic heterocycles. The summed E-state index contributed by atoms with van der Waals surface area (Å²) in [5.74, 6) is 0. The quantitative estimate of drug-likeness (QED) is 0.548. The Morgan fingerprint density at radius 2 is 2.08 bits per heavy atom. The summed E-state index contributed by atoms with van der Waals surface area (Å²) in [5.41, 5.74) is 1.46. The fraction of sp³-hybridized carbons (Fsp3) is 0.125. The minimum Gasteiger partial charge on any atom is -0.423 e. The first-order chi connectivity index (χ1) is 5.65. The van der Waals surface area contributed by atoms with Crippen LogP contribution in [0, 0.1) is 18.3 Å². The maximum absolute atomic E-state index is 8.86. The first kappa shape index (κ1) is 8.79. The predicted octanol–water partition coefficient (Wildman–Crippen LogP) is -0.454. The van der Waals surface area contributed by atoms with Gasteiger partial charge in [-0.2, -0.15) is 5.26 Å². The summed E-state index contributed by atoms with van der Waals surface area (Å²) in [4.78, 5) is 0. The Morgan fingerprint density at radius 3 is 2.58 bits per heavy atom. The van der Waals surface area contributed by atoms with E-state index in [0.717, 1.165) is 5.56 Å². The summed E-state index contributed by atoms with van der Waals surface area (Å²) in [6.07, 6.45) is 0. The normalized spacial score (nSPS) is 9.17. The third kappa shape index (κ3) is 1.64. The van der Waals surface area contributed by atoms with E-state index in [0.29, 0.717) is 5.56 Å². The highest BCUT2D eigenvalue weighted by Gasteiger charge is 2.15. The van der Waals surface area contributed by atoms with Crippen LogP contribution in [0.3, 0.4) is 0 Å². The van der Waals surface area contributed by atoms with E-state index < -0.39 is 7.12 Å². The third-order valence-corrected chi connectivity index (χ3v) is 1.61. The van der Waals surface area contributed by atoms with Gasteiger partial charge in [-0.15, -0.1) is 0 Å². The molecule has 1 rings (SSSR count). The van der Waals surface area contributed by atoms with Gasteiger partial charge in [-0.3, -0.25) is 0 Å². The van der Waals surface area contributed by atoms with E-state index >= 15 is 0 Å². The molecule has 0 aliphatic carbocycles. The molecule has 0 fully saturated rings. The lowest BCUT2D eigenvalue weighted by atomic mass is 9.76. The lowest BCUT2D eigenvalue weighted by Gasteiger charge is -2.02. The molecule has 12 heavy (non-hydrogen) atoms. The van der Waals surface area contributed by atoms with Gasteiger partial charge >= 0.3 is 7.12 Å². The molecule has 0 bridgehead atoms. The van der Waals surface area contributed by atoms with Crippen LogP contribution in [0.2, 0.25) is 0 Å². The van der Waals surface area contributed by atoms with Crippen LogP contribution in [-0.2, 0) is 0 Å². The number of rotatable bonds is 1. The van der Waals surface area contributed by atoms with Crippen LogP contribution >= 0.6 is 0 Å². The van der Waals surface area contributed by atoms with Gasteiger partial charge in [-0.25, -0.2) is 0 Å². The van der Waals surface area contributed by atoms with Crippen molar-refractivity contribution in [3.63, 3.8) is 0 Å². The molecule has 1 aromatic rings. The third-order valence-electron chi connectivity index (χ3n) is 1.61. The molecule has 0 spiro atoms. The Bertz CT molecular complexity index is 330. The smallest absolute Gasteiger partial charge is 0.423 e. The van der Waals surface area contributed by atoms with Gasteiger partial charge in [0.05, 0.1) is 11.6 Å². The lowest BCUT2D eigenvalue weighted by Crippen LogP contribution is -2.32. The zero-order valence-corrected chi connectivity index (χ0v) is 6.65. The Hall–Kier alpha value is -1.31. The Morgan fingerprint density at radius 1 is 1.42 bits per heavy atom. The average molecular weight is 161 g/mol. The van der Waals surface area contributed by atoms with Gasteiger partial charge in [-0.1, -0.05) is 17.7 Å². The van der Waals surface area contributed by atoms with Crippen LogP contribution in [0.1, 0.15) is 11.1 Å². The standard InChI is InChI=1S/C8H8BNO2/c1-6-2-3-7(5-10)8(4-6)9(11)12/h2-4,11-12H,1H3. The number of nitrogens with zero attached hydrogens (tertiary/aromatic N) is 1. The van der Waals surface area contributed by atoms with Crippen LogP contribution in [0.15, 0.2) is 18.2 Å². The van der Waals surface area contributed by atoms with E-state index in [-0.39, 0.29) is 5.46 Å². The molecule has 3 nitrogen and oxygen atoms in total. The van der Waals surface area contributed by atoms with Crippen LogP contribution < -0.4 is 5.46 Å². The molecule has 0 aliphatic rings. The predicted molar refractivity (Wildman–Crippen MR) is 45.7 cm³/mol. The first-order valence-electron chi connectivity index (χ1n) is 3.52. The maximum Gasteiger partial charge on any atom is 0.489 e. The second-order valence-electron chi connectivity index (χ2n) is 2.58. The summed E-state index contributed by atoms with van der Waals surface area (Å²) in [7, 11) is -1.57. The molecule has 0 amide bonds. The highest BCUT2D eigenvalue weighted by molar-refractivity contribution is 6.59. The van der Waals surface area contributed by atoms with E-state index in [1.165, 1.54) is 0 Å². The minimum absolute atomic E-state index is 0.262. The van der Waals surface area contributed by atoms with Crippen LogP contribution in [0.5, 0.6) is 0 Å². The maximum atomic E-state index is 8.86. The van der Waals surface area contributed by atoms with Crippen molar-refractivity contribution < 1.29 is 10.0 Å². The number of aryl methyl sites for hydroxylation is 1. The fourth-order valence-electron chi connectivity index (χ4n) is 0.998. The number of hydrogen-bond donors (Lipinski definition) is 2. The molecule has 0 unspecified atom stereocenters. The Kier molecular flexibility index (Phi) is 2.49. The summed E-state index contributed by atoms with van der Waals surface area (Å²) >= 11 is 0. The second kappa shape index (κ2) is 3.39. The number of nitriles is 1. The van der Waals surface area contributed by atoms with Crippen molar-refractivity contribution in [2.24, 2.45) is 0 Å². The molecular formula is C8H8BNO2. The highest BCUT2D eigenvalue weighted by atomic mass is 16.4. The molecule has 0 saturated carbocycles. The van der Waals surface area contributed by atoms with E-state index in [2.05, 4.69) is 0 Å². The zero-order chi connectivity index (χ0) is 9.14. The largest absolute Gasteiger partial charge is 0.489 e. The van der Waals surface area contributed by atoms with E-state index in [4.69, 9.17) is 15.3 Å². The minimum atomic E-state index is -1.57. The van der Waals surface area contributed by atoms with Gasteiger partial charge in [0.15, 0.2) is 0 Å². The molecule has 60 valence electrons. The van der Waals surface area contributed by atoms with Crippen molar-refractivity contribution in [3.8, 4) is 6.07 Å². The SMILES string of the molecule is Cc1ccc(C#N)c(B(O)O)c1. The molecule has 0 heterocycles. The van der Waals surface area contributed by atoms with Crippen molar-refractivity contribution in [2.45, 2.75) is 6.92 Å². The molecule has 0 radical (unpaired) electrons. The fourth-order valence-corrected chi connectivity index (χ4v) is 0.998. The first-order valence-corrected chi connectivity index (χ1v) is 3.52. The summed E-state index contributed by atoms with van der Waals surface area (Å²) in [6.45, 7) is 1.83. The average Bonchev–Trinajstić information content (AvgIpc) is 2.04. The molecule has 0 atom stereocenters. The zero-order valence-electron chi connectivity index (χ0n) is 6.65. The van der Waals surface area contributed by atoms with Crippen molar-refractivity contribution in [3.05, 3.63) is 29.3 Å². The van der Waals surface area contributed by atoms with E-state index in [1.807, 2.05) is 13.0 Å². The summed E-state index contributed by atoms with van der Waals surface area (Å²) in [5, 5.41) is 26.3. The molecule has 2 N–H and O–H groups in total. The van der Waals surface area contributed by atoms with Gasteiger partial charge in [0.1, 0.15) is 0 Å². The van der Waals surface area contributed by atoms with Gasteiger partial charge in [0.25, 0.3) is 0 Å². The molecule has 1 aromatic carbocycles. The lowest BCUT2D eigenvalue weighted by molar-refractivity contribution is 0.425. The van der Waals surface area contributed by atoms with Gasteiger partial charge in [0.2, 0.25) is 0 Å². The van der Waals surface area contributed by atoms with Gasteiger partial charge in [-0.05, 0) is 13.0 Å². The second-order valence-corrected chi connectivity index (χ2v) is 2.58. The topological polar surface area (TPSA) is 64.2 Å².